The van der Waals surface area contributed by atoms with Gasteiger partial charge in [0.2, 0.25) is 0 Å². The minimum absolute atomic E-state index is 0. The van der Waals surface area contributed by atoms with Gasteiger partial charge in [-0.15, -0.1) is 35.3 Å². The van der Waals surface area contributed by atoms with Gasteiger partial charge >= 0.3 is 0 Å². The van der Waals surface area contributed by atoms with Crippen LogP contribution in [0, 0.1) is 0 Å². The smallest absolute Gasteiger partial charge is 0.191 e. The molecule has 0 atom stereocenters. The summed E-state index contributed by atoms with van der Waals surface area (Å²) in [6.07, 6.45) is 1.84. The molecule has 1 aliphatic rings. The zero-order chi connectivity index (χ0) is 17.5. The number of aliphatic imine (C=N–C) groups is 1. The van der Waals surface area contributed by atoms with Gasteiger partial charge in [-0.1, -0.05) is 6.07 Å². The molecule has 0 aliphatic carbocycles. The maximum absolute atomic E-state index is 6.11. The molecular formula is C17H24IN5O2S. The number of halogens is 1. The molecule has 9 heteroatoms. The van der Waals surface area contributed by atoms with Crippen LogP contribution in [0.15, 0.2) is 40.8 Å². The number of thiazole rings is 1. The van der Waals surface area contributed by atoms with E-state index in [0.717, 1.165) is 42.8 Å². The van der Waals surface area contributed by atoms with Crippen LogP contribution in [-0.2, 0) is 0 Å². The van der Waals surface area contributed by atoms with Crippen molar-refractivity contribution in [3.63, 3.8) is 0 Å². The van der Waals surface area contributed by atoms with E-state index in [0.29, 0.717) is 19.1 Å². The van der Waals surface area contributed by atoms with Crippen molar-refractivity contribution in [2.45, 2.75) is 0 Å². The number of methoxy groups -OCH3 is 1. The van der Waals surface area contributed by atoms with Gasteiger partial charge in [0.15, 0.2) is 11.1 Å². The zero-order valence-electron chi connectivity index (χ0n) is 14.7. The Bertz CT molecular complexity index is 690. The summed E-state index contributed by atoms with van der Waals surface area (Å²) in [6, 6.07) is 7.53. The van der Waals surface area contributed by atoms with Crippen molar-refractivity contribution in [2.75, 3.05) is 51.3 Å². The number of hydrogen-bond donors (Lipinski definition) is 1. The van der Waals surface area contributed by atoms with Gasteiger partial charge in [0.25, 0.3) is 0 Å². The summed E-state index contributed by atoms with van der Waals surface area (Å²) >= 11 is 1.67. The Labute approximate surface area is 174 Å². The first kappa shape index (κ1) is 20.6. The van der Waals surface area contributed by atoms with Crippen molar-refractivity contribution in [1.29, 1.82) is 0 Å². The molecule has 1 aromatic carbocycles. The summed E-state index contributed by atoms with van der Waals surface area (Å²) in [4.78, 5) is 13.2. The minimum Gasteiger partial charge on any atom is -0.497 e. The van der Waals surface area contributed by atoms with Crippen LogP contribution in [0.5, 0.6) is 11.5 Å². The Kier molecular flexibility index (Phi) is 8.23. The van der Waals surface area contributed by atoms with Gasteiger partial charge < -0.3 is 25.0 Å². The quantitative estimate of drug-likeness (QED) is 0.291. The second-order valence-electron chi connectivity index (χ2n) is 5.56. The molecule has 0 bridgehead atoms. The molecule has 3 rings (SSSR count). The molecular weight excluding hydrogens is 465 g/mol. The lowest BCUT2D eigenvalue weighted by molar-refractivity contribution is 0.323. The normalized spacial score (nSPS) is 14.7. The molecule has 7 nitrogen and oxygen atoms in total. The van der Waals surface area contributed by atoms with E-state index in [1.165, 1.54) is 0 Å². The fourth-order valence-corrected chi connectivity index (χ4v) is 3.31. The first-order valence-electron chi connectivity index (χ1n) is 8.22. The third-order valence-electron chi connectivity index (χ3n) is 3.97. The SMILES string of the molecule is COc1cccc(OCCN=C(N)N2CCN(c3nccs3)CC2)c1.I. The molecule has 0 spiro atoms. The lowest BCUT2D eigenvalue weighted by Crippen LogP contribution is -2.51. The summed E-state index contributed by atoms with van der Waals surface area (Å²) in [5, 5.41) is 3.07. The zero-order valence-corrected chi connectivity index (χ0v) is 17.9. The van der Waals surface area contributed by atoms with Crippen LogP contribution in [-0.4, -0.2) is 62.3 Å². The Morgan fingerprint density at radius 2 is 2.04 bits per heavy atom. The second kappa shape index (κ2) is 10.4. The van der Waals surface area contributed by atoms with E-state index in [-0.39, 0.29) is 24.0 Å². The average molecular weight is 489 g/mol. The summed E-state index contributed by atoms with van der Waals surface area (Å²) < 4.78 is 10.8. The molecule has 2 heterocycles. The molecule has 0 amide bonds. The number of benzene rings is 1. The van der Waals surface area contributed by atoms with Gasteiger partial charge in [0, 0.05) is 43.8 Å². The fourth-order valence-electron chi connectivity index (χ4n) is 2.61. The Morgan fingerprint density at radius 1 is 1.27 bits per heavy atom. The third-order valence-corrected chi connectivity index (χ3v) is 4.80. The van der Waals surface area contributed by atoms with Crippen molar-refractivity contribution in [3.8, 4) is 11.5 Å². The van der Waals surface area contributed by atoms with E-state index in [4.69, 9.17) is 15.2 Å². The number of guanidine groups is 1. The lowest BCUT2D eigenvalue weighted by atomic mass is 10.3. The number of anilines is 1. The molecule has 1 aromatic heterocycles. The van der Waals surface area contributed by atoms with E-state index in [1.54, 1.807) is 18.4 Å². The van der Waals surface area contributed by atoms with Crippen LogP contribution in [0.3, 0.4) is 0 Å². The molecule has 0 unspecified atom stereocenters. The molecule has 1 aliphatic heterocycles. The summed E-state index contributed by atoms with van der Waals surface area (Å²) in [5.41, 5.74) is 6.11. The van der Waals surface area contributed by atoms with Gasteiger partial charge in [-0.25, -0.2) is 9.98 Å². The Hall–Kier alpha value is -1.75. The van der Waals surface area contributed by atoms with Gasteiger partial charge in [0.1, 0.15) is 18.1 Å². The molecule has 26 heavy (non-hydrogen) atoms. The Morgan fingerprint density at radius 3 is 2.73 bits per heavy atom. The van der Waals surface area contributed by atoms with Crippen LogP contribution in [0.25, 0.3) is 0 Å². The average Bonchev–Trinajstić information content (AvgIpc) is 3.20. The number of nitrogens with zero attached hydrogens (tertiary/aromatic N) is 4. The topological polar surface area (TPSA) is 76.2 Å². The van der Waals surface area contributed by atoms with Gasteiger partial charge in [-0.05, 0) is 12.1 Å². The van der Waals surface area contributed by atoms with Gasteiger partial charge in [-0.3, -0.25) is 0 Å². The number of rotatable bonds is 6. The summed E-state index contributed by atoms with van der Waals surface area (Å²) in [6.45, 7) is 4.52. The van der Waals surface area contributed by atoms with Crippen molar-refractivity contribution >= 4 is 46.4 Å². The minimum atomic E-state index is 0. The maximum Gasteiger partial charge on any atom is 0.191 e. The van der Waals surface area contributed by atoms with E-state index in [9.17, 15) is 0 Å². The summed E-state index contributed by atoms with van der Waals surface area (Å²) in [7, 11) is 1.64. The van der Waals surface area contributed by atoms with Crippen LogP contribution in [0.1, 0.15) is 0 Å². The van der Waals surface area contributed by atoms with E-state index < -0.39 is 0 Å². The predicted molar refractivity (Wildman–Crippen MR) is 116 cm³/mol. The summed E-state index contributed by atoms with van der Waals surface area (Å²) in [5.74, 6) is 2.12. The standard InChI is InChI=1S/C17H23N5O2S.HI/c1-23-14-3-2-4-15(13-14)24-11-5-19-16(18)21-7-9-22(10-8-21)17-20-6-12-25-17;/h2-4,6,12-13H,5,7-11H2,1H3,(H2,18,19);1H. The highest BCUT2D eigenvalue weighted by molar-refractivity contribution is 14.0. The van der Waals surface area contributed by atoms with Crippen molar-refractivity contribution in [3.05, 3.63) is 35.8 Å². The Balaban J connectivity index is 0.00000243. The number of ether oxygens (including phenoxy) is 2. The molecule has 142 valence electrons. The first-order chi connectivity index (χ1) is 12.3. The van der Waals surface area contributed by atoms with Crippen molar-refractivity contribution < 1.29 is 9.47 Å². The molecule has 2 N–H and O–H groups in total. The number of piperazine rings is 1. The number of aromatic nitrogens is 1. The van der Waals surface area contributed by atoms with Crippen LogP contribution in [0.4, 0.5) is 5.13 Å². The van der Waals surface area contributed by atoms with Crippen LogP contribution in [0.2, 0.25) is 0 Å². The molecule has 1 saturated heterocycles. The molecule has 0 saturated carbocycles. The van der Waals surface area contributed by atoms with Crippen LogP contribution >= 0.6 is 35.3 Å². The molecule has 1 fully saturated rings. The fraction of sp³-hybridized carbons (Fsp3) is 0.412. The first-order valence-corrected chi connectivity index (χ1v) is 9.10. The highest BCUT2D eigenvalue weighted by Gasteiger charge is 2.19. The third kappa shape index (κ3) is 5.63. The van der Waals surface area contributed by atoms with E-state index in [2.05, 4.69) is 19.8 Å². The van der Waals surface area contributed by atoms with Crippen LogP contribution < -0.4 is 20.1 Å². The maximum atomic E-state index is 6.11. The van der Waals surface area contributed by atoms with E-state index >= 15 is 0 Å². The monoisotopic (exact) mass is 489 g/mol. The number of nitrogens with two attached hydrogens (primary N) is 1. The second-order valence-corrected chi connectivity index (χ2v) is 6.43. The lowest BCUT2D eigenvalue weighted by Gasteiger charge is -2.35. The highest BCUT2D eigenvalue weighted by Crippen LogP contribution is 2.19. The van der Waals surface area contributed by atoms with Gasteiger partial charge in [-0.2, -0.15) is 0 Å². The van der Waals surface area contributed by atoms with Crippen molar-refractivity contribution in [2.24, 2.45) is 10.7 Å². The molecule has 0 radical (unpaired) electrons. The van der Waals surface area contributed by atoms with E-state index in [1.807, 2.05) is 35.8 Å². The molecule has 2 aromatic rings. The largest absolute Gasteiger partial charge is 0.497 e. The highest BCUT2D eigenvalue weighted by atomic mass is 127. The van der Waals surface area contributed by atoms with Gasteiger partial charge in [0.05, 0.1) is 13.7 Å². The van der Waals surface area contributed by atoms with Crippen molar-refractivity contribution in [1.82, 2.24) is 9.88 Å². The number of hydrogen-bond acceptors (Lipinski definition) is 6. The predicted octanol–water partition coefficient (Wildman–Crippen LogP) is 2.29.